The van der Waals surface area contributed by atoms with Gasteiger partial charge in [-0.15, -0.1) is 0 Å². The monoisotopic (exact) mass is 448 g/mol. The first-order chi connectivity index (χ1) is 15.9. The maximum absolute atomic E-state index is 13.1. The highest BCUT2D eigenvalue weighted by molar-refractivity contribution is 5.93. The van der Waals surface area contributed by atoms with E-state index in [0.717, 1.165) is 47.8 Å². The Hall–Kier alpha value is -3.16. The van der Waals surface area contributed by atoms with Crippen LogP contribution in [0.5, 0.6) is 5.75 Å². The molecule has 0 saturated carbocycles. The van der Waals surface area contributed by atoms with Gasteiger partial charge in [-0.05, 0) is 51.8 Å². The van der Waals surface area contributed by atoms with E-state index in [2.05, 4.69) is 10.4 Å². The van der Waals surface area contributed by atoms with E-state index < -0.39 is 0 Å². The highest BCUT2D eigenvalue weighted by atomic mass is 16.5. The number of hydrogen-bond acceptors (Lipinski definition) is 5. The zero-order valence-corrected chi connectivity index (χ0v) is 19.5. The minimum atomic E-state index is -0.113. The number of nitrogens with one attached hydrogen (secondary N) is 1. The molecule has 1 aromatic heterocycles. The first kappa shape index (κ1) is 23.0. The number of rotatable bonds is 8. The lowest BCUT2D eigenvalue weighted by Crippen LogP contribution is -2.38. The molecule has 4 rings (SSSR count). The van der Waals surface area contributed by atoms with E-state index in [9.17, 15) is 9.90 Å². The van der Waals surface area contributed by atoms with Crippen LogP contribution in [0.3, 0.4) is 0 Å². The molecule has 1 unspecified atom stereocenters. The zero-order valence-electron chi connectivity index (χ0n) is 19.5. The van der Waals surface area contributed by atoms with E-state index >= 15 is 0 Å². The van der Waals surface area contributed by atoms with Gasteiger partial charge in [-0.25, -0.2) is 4.68 Å². The average molecular weight is 449 g/mol. The molecule has 2 aromatic carbocycles. The SMILES string of the molecule is Cc1ccc(-n2nc(C)c(NC(=O)CN(Cc3ccccc3O)CC3CCCO3)c2C)cc1. The molecule has 1 amide bonds. The smallest absolute Gasteiger partial charge is 0.238 e. The second-order valence-electron chi connectivity index (χ2n) is 8.77. The first-order valence-corrected chi connectivity index (χ1v) is 11.4. The molecule has 3 aromatic rings. The summed E-state index contributed by atoms with van der Waals surface area (Å²) in [5, 5.41) is 17.9. The van der Waals surface area contributed by atoms with Gasteiger partial charge in [0.05, 0.1) is 35.4 Å². The molecule has 7 nitrogen and oxygen atoms in total. The molecule has 0 aliphatic carbocycles. The third-order valence-electron chi connectivity index (χ3n) is 6.07. The summed E-state index contributed by atoms with van der Waals surface area (Å²) in [6.45, 7) is 7.98. The molecule has 0 bridgehead atoms. The van der Waals surface area contributed by atoms with Gasteiger partial charge in [0.1, 0.15) is 5.75 Å². The Morgan fingerprint density at radius 2 is 1.94 bits per heavy atom. The molecular formula is C26H32N4O3. The molecule has 2 N–H and O–H groups in total. The molecular weight excluding hydrogens is 416 g/mol. The molecule has 1 fully saturated rings. The van der Waals surface area contributed by atoms with Crippen molar-refractivity contribution >= 4 is 11.6 Å². The van der Waals surface area contributed by atoms with Gasteiger partial charge in [0.15, 0.2) is 0 Å². The third-order valence-corrected chi connectivity index (χ3v) is 6.07. The van der Waals surface area contributed by atoms with Crippen molar-refractivity contribution in [3.63, 3.8) is 0 Å². The summed E-state index contributed by atoms with van der Waals surface area (Å²) in [5.41, 5.74) is 5.33. The maximum atomic E-state index is 13.1. The van der Waals surface area contributed by atoms with Crippen molar-refractivity contribution in [1.82, 2.24) is 14.7 Å². The van der Waals surface area contributed by atoms with Gasteiger partial charge in [0, 0.05) is 25.3 Å². The number of benzene rings is 2. The van der Waals surface area contributed by atoms with Crippen molar-refractivity contribution in [2.24, 2.45) is 0 Å². The van der Waals surface area contributed by atoms with Crippen LogP contribution < -0.4 is 5.32 Å². The van der Waals surface area contributed by atoms with Crippen LogP contribution in [0, 0.1) is 20.8 Å². The van der Waals surface area contributed by atoms with Crippen LogP contribution in [-0.4, -0.2) is 51.5 Å². The number of carbonyl (C=O) groups is 1. The summed E-state index contributed by atoms with van der Waals surface area (Å²) in [6.07, 6.45) is 2.13. The van der Waals surface area contributed by atoms with Crippen LogP contribution in [0.1, 0.15) is 35.4 Å². The van der Waals surface area contributed by atoms with E-state index in [0.29, 0.717) is 13.1 Å². The van der Waals surface area contributed by atoms with Crippen molar-refractivity contribution in [1.29, 1.82) is 0 Å². The van der Waals surface area contributed by atoms with E-state index in [4.69, 9.17) is 4.74 Å². The van der Waals surface area contributed by atoms with Crippen LogP contribution in [-0.2, 0) is 16.1 Å². The first-order valence-electron chi connectivity index (χ1n) is 11.4. The zero-order chi connectivity index (χ0) is 23.4. The Labute approximate surface area is 195 Å². The highest BCUT2D eigenvalue weighted by Gasteiger charge is 2.23. The molecule has 1 atom stereocenters. The fraction of sp³-hybridized carbons (Fsp3) is 0.385. The topological polar surface area (TPSA) is 79.6 Å². The summed E-state index contributed by atoms with van der Waals surface area (Å²) in [4.78, 5) is 15.1. The lowest BCUT2D eigenvalue weighted by Gasteiger charge is -2.25. The van der Waals surface area contributed by atoms with Gasteiger partial charge in [0.25, 0.3) is 0 Å². The number of aromatic hydroxyl groups is 1. The van der Waals surface area contributed by atoms with E-state index in [-0.39, 0.29) is 24.3 Å². The third kappa shape index (κ3) is 5.61. The van der Waals surface area contributed by atoms with Crippen LogP contribution >= 0.6 is 0 Å². The van der Waals surface area contributed by atoms with Gasteiger partial charge >= 0.3 is 0 Å². The predicted molar refractivity (Wildman–Crippen MR) is 129 cm³/mol. The van der Waals surface area contributed by atoms with Crippen molar-refractivity contribution in [2.75, 3.05) is 25.0 Å². The Bertz CT molecular complexity index is 1100. The number of phenols is 1. The number of phenolic OH excluding ortho intramolecular Hbond substituents is 1. The summed E-state index contributed by atoms with van der Waals surface area (Å²) in [6, 6.07) is 15.4. The number of para-hydroxylation sites is 1. The summed E-state index contributed by atoms with van der Waals surface area (Å²) in [7, 11) is 0. The number of anilines is 1. The lowest BCUT2D eigenvalue weighted by atomic mass is 10.1. The molecule has 1 saturated heterocycles. The molecule has 1 aliphatic heterocycles. The molecule has 0 spiro atoms. The fourth-order valence-corrected chi connectivity index (χ4v) is 4.29. The second kappa shape index (κ2) is 10.2. The Morgan fingerprint density at radius 1 is 1.18 bits per heavy atom. The Morgan fingerprint density at radius 3 is 2.64 bits per heavy atom. The van der Waals surface area contributed by atoms with Crippen LogP contribution in [0.15, 0.2) is 48.5 Å². The predicted octanol–water partition coefficient (Wildman–Crippen LogP) is 4.12. The Kier molecular flexibility index (Phi) is 7.11. The standard InChI is InChI=1S/C26H32N4O3/c1-18-10-12-22(13-11-18)30-20(3)26(19(2)28-30)27-25(32)17-29(16-23-8-6-14-33-23)15-21-7-4-5-9-24(21)31/h4-5,7,9-13,23,31H,6,8,14-17H2,1-3H3,(H,27,32). The lowest BCUT2D eigenvalue weighted by molar-refractivity contribution is -0.117. The summed E-state index contributed by atoms with van der Waals surface area (Å²) < 4.78 is 7.66. The molecule has 7 heteroatoms. The summed E-state index contributed by atoms with van der Waals surface area (Å²) in [5.74, 6) is 0.124. The summed E-state index contributed by atoms with van der Waals surface area (Å²) >= 11 is 0. The van der Waals surface area contributed by atoms with Crippen molar-refractivity contribution in [3.05, 3.63) is 71.0 Å². The number of carbonyl (C=O) groups excluding carboxylic acids is 1. The van der Waals surface area contributed by atoms with E-state index in [1.165, 1.54) is 5.56 Å². The minimum Gasteiger partial charge on any atom is -0.508 e. The number of nitrogens with zero attached hydrogens (tertiary/aromatic N) is 3. The van der Waals surface area contributed by atoms with Crippen LogP contribution in [0.2, 0.25) is 0 Å². The largest absolute Gasteiger partial charge is 0.508 e. The normalized spacial score (nSPS) is 15.8. The maximum Gasteiger partial charge on any atom is 0.238 e. The van der Waals surface area contributed by atoms with Crippen LogP contribution in [0.4, 0.5) is 5.69 Å². The highest BCUT2D eigenvalue weighted by Crippen LogP contribution is 2.24. The van der Waals surface area contributed by atoms with Gasteiger partial charge in [0.2, 0.25) is 5.91 Å². The number of ether oxygens (including phenoxy) is 1. The number of aryl methyl sites for hydroxylation is 2. The van der Waals surface area contributed by atoms with Crippen molar-refractivity contribution < 1.29 is 14.6 Å². The number of hydrogen-bond donors (Lipinski definition) is 2. The van der Waals surface area contributed by atoms with Crippen molar-refractivity contribution in [2.45, 2.75) is 46.3 Å². The molecule has 174 valence electrons. The van der Waals surface area contributed by atoms with Gasteiger partial charge < -0.3 is 15.2 Å². The molecule has 1 aliphatic rings. The van der Waals surface area contributed by atoms with Crippen molar-refractivity contribution in [3.8, 4) is 11.4 Å². The van der Waals surface area contributed by atoms with Crippen LogP contribution in [0.25, 0.3) is 5.69 Å². The molecule has 33 heavy (non-hydrogen) atoms. The van der Waals surface area contributed by atoms with Gasteiger partial charge in [-0.1, -0.05) is 35.9 Å². The van der Waals surface area contributed by atoms with Gasteiger partial charge in [-0.2, -0.15) is 5.10 Å². The molecule has 0 radical (unpaired) electrons. The fourth-order valence-electron chi connectivity index (χ4n) is 4.29. The Balaban J connectivity index is 1.48. The second-order valence-corrected chi connectivity index (χ2v) is 8.77. The van der Waals surface area contributed by atoms with Gasteiger partial charge in [-0.3, -0.25) is 9.69 Å². The molecule has 2 heterocycles. The quantitative estimate of drug-likeness (QED) is 0.542. The number of amides is 1. The average Bonchev–Trinajstić information content (AvgIpc) is 3.39. The van der Waals surface area contributed by atoms with E-state index in [1.54, 1.807) is 12.1 Å². The minimum absolute atomic E-state index is 0.108. The van der Waals surface area contributed by atoms with E-state index in [1.807, 2.05) is 66.8 Å². The number of aromatic nitrogens is 2.